The number of hydrogen-bond donors (Lipinski definition) is 1. The number of esters is 1. The van der Waals surface area contributed by atoms with E-state index in [1.807, 2.05) is 32.0 Å². The molecular formula is C32H35N7O4. The van der Waals surface area contributed by atoms with E-state index in [0.29, 0.717) is 34.6 Å². The number of carbonyl (C=O) groups is 1. The number of nitrogens with zero attached hydrogens (tertiary/aromatic N) is 7. The third-order valence-corrected chi connectivity index (χ3v) is 8.27. The van der Waals surface area contributed by atoms with Crippen molar-refractivity contribution in [3.63, 3.8) is 0 Å². The number of piperidine rings is 1. The van der Waals surface area contributed by atoms with Crippen LogP contribution in [0.15, 0.2) is 59.4 Å². The van der Waals surface area contributed by atoms with Gasteiger partial charge in [0.1, 0.15) is 22.9 Å². The Kier molecular flexibility index (Phi) is 7.79. The van der Waals surface area contributed by atoms with Gasteiger partial charge in [0.2, 0.25) is 5.95 Å². The molecule has 4 aromatic heterocycles. The second-order valence-electron chi connectivity index (χ2n) is 11.2. The monoisotopic (exact) mass is 581 g/mol. The van der Waals surface area contributed by atoms with E-state index in [0.717, 1.165) is 49.1 Å². The number of para-hydroxylation sites is 1. The average Bonchev–Trinajstić information content (AvgIpc) is 3.66. The molecular weight excluding hydrogens is 546 g/mol. The number of rotatable bonds is 8. The highest BCUT2D eigenvalue weighted by Gasteiger charge is 2.30. The van der Waals surface area contributed by atoms with Gasteiger partial charge >= 0.3 is 5.97 Å². The van der Waals surface area contributed by atoms with E-state index in [4.69, 9.17) is 9.26 Å². The maximum Gasteiger partial charge on any atom is 0.316 e. The van der Waals surface area contributed by atoms with Crippen LogP contribution >= 0.6 is 0 Å². The quantitative estimate of drug-likeness (QED) is 0.232. The van der Waals surface area contributed by atoms with Gasteiger partial charge in [-0.2, -0.15) is 0 Å². The molecule has 0 spiro atoms. The van der Waals surface area contributed by atoms with Gasteiger partial charge in [-0.3, -0.25) is 4.79 Å². The lowest BCUT2D eigenvalue weighted by atomic mass is 9.93. The standard InChI is InChI=1S/C32H35N7O4/c1-5-39-26(15-25-27(39)14-24(35-36-25)22-8-6-7-9-28(22)40)20-10-12-38(13-11-20)32-33-17-21(18-34-32)23-16-29(43-37-23)30(19(2)3)31(41)42-4/h6-9,14-20,30,40H,5,10-13H2,1-4H3. The van der Waals surface area contributed by atoms with Gasteiger partial charge in [0.15, 0.2) is 5.76 Å². The van der Waals surface area contributed by atoms with Crippen LogP contribution in [-0.2, 0) is 16.1 Å². The first-order chi connectivity index (χ1) is 20.9. The van der Waals surface area contributed by atoms with Crippen molar-refractivity contribution >= 4 is 23.0 Å². The molecule has 0 amide bonds. The number of aromatic hydroxyl groups is 1. The van der Waals surface area contributed by atoms with Crippen molar-refractivity contribution in [1.82, 2.24) is 29.9 Å². The zero-order chi connectivity index (χ0) is 30.1. The van der Waals surface area contributed by atoms with Gasteiger partial charge in [-0.25, -0.2) is 9.97 Å². The Morgan fingerprint density at radius 2 is 1.81 bits per heavy atom. The van der Waals surface area contributed by atoms with Gasteiger partial charge in [-0.15, -0.1) is 10.2 Å². The van der Waals surface area contributed by atoms with Crippen molar-refractivity contribution in [3.05, 3.63) is 66.3 Å². The third kappa shape index (κ3) is 5.42. The van der Waals surface area contributed by atoms with Gasteiger partial charge in [0.25, 0.3) is 0 Å². The van der Waals surface area contributed by atoms with Crippen LogP contribution < -0.4 is 4.90 Å². The molecule has 1 aliphatic rings. The molecule has 1 aromatic carbocycles. The van der Waals surface area contributed by atoms with Gasteiger partial charge in [0, 0.05) is 60.8 Å². The lowest BCUT2D eigenvalue weighted by Gasteiger charge is -2.32. The first-order valence-electron chi connectivity index (χ1n) is 14.6. The molecule has 0 radical (unpaired) electrons. The predicted octanol–water partition coefficient (Wildman–Crippen LogP) is 5.57. The fourth-order valence-electron chi connectivity index (χ4n) is 5.99. The van der Waals surface area contributed by atoms with Gasteiger partial charge < -0.3 is 23.8 Å². The number of fused-ring (bicyclic) bond motifs is 1. The Bertz CT molecular complexity index is 1740. The smallest absolute Gasteiger partial charge is 0.316 e. The third-order valence-electron chi connectivity index (χ3n) is 8.27. The van der Waals surface area contributed by atoms with Crippen LogP contribution in [-0.4, -0.2) is 61.2 Å². The second kappa shape index (κ2) is 11.8. The summed E-state index contributed by atoms with van der Waals surface area (Å²) < 4.78 is 12.8. The van der Waals surface area contributed by atoms with Crippen molar-refractivity contribution in [1.29, 1.82) is 0 Å². The van der Waals surface area contributed by atoms with Crippen molar-refractivity contribution in [3.8, 4) is 28.3 Å². The van der Waals surface area contributed by atoms with Crippen molar-refractivity contribution < 1.29 is 19.2 Å². The topological polar surface area (TPSA) is 132 Å². The summed E-state index contributed by atoms with van der Waals surface area (Å²) in [5.74, 6) is 0.834. The van der Waals surface area contributed by atoms with Crippen LogP contribution in [0, 0.1) is 5.92 Å². The molecule has 11 nitrogen and oxygen atoms in total. The molecule has 5 heterocycles. The lowest BCUT2D eigenvalue weighted by Crippen LogP contribution is -2.34. The highest BCUT2D eigenvalue weighted by molar-refractivity contribution is 5.82. The maximum absolute atomic E-state index is 12.2. The van der Waals surface area contributed by atoms with Crippen LogP contribution in [0.3, 0.4) is 0 Å². The molecule has 0 saturated carbocycles. The minimum absolute atomic E-state index is 0.00235. The van der Waals surface area contributed by atoms with E-state index < -0.39 is 5.92 Å². The summed E-state index contributed by atoms with van der Waals surface area (Å²) in [6.45, 7) is 8.49. The molecule has 1 N–H and O–H groups in total. The van der Waals surface area contributed by atoms with E-state index in [9.17, 15) is 9.90 Å². The van der Waals surface area contributed by atoms with Crippen molar-refractivity contribution in [2.24, 2.45) is 5.92 Å². The maximum atomic E-state index is 12.2. The number of phenols is 1. The summed E-state index contributed by atoms with van der Waals surface area (Å²) >= 11 is 0. The minimum Gasteiger partial charge on any atom is -0.507 e. The molecule has 1 unspecified atom stereocenters. The molecule has 11 heteroatoms. The Morgan fingerprint density at radius 3 is 2.49 bits per heavy atom. The SMILES string of the molecule is CCn1c(C2CCN(c3ncc(-c4cc(C(C(=O)OC)C(C)C)on4)cn3)CC2)cc2nnc(-c3ccccc3O)cc21. The van der Waals surface area contributed by atoms with E-state index in [-0.39, 0.29) is 17.6 Å². The number of methoxy groups -OCH3 is 1. The van der Waals surface area contributed by atoms with Gasteiger partial charge in [-0.05, 0) is 49.9 Å². The number of anilines is 1. The van der Waals surface area contributed by atoms with E-state index >= 15 is 0 Å². The number of aryl methyl sites for hydroxylation is 1. The Morgan fingerprint density at radius 1 is 1.07 bits per heavy atom. The average molecular weight is 582 g/mol. The minimum atomic E-state index is -0.523. The largest absolute Gasteiger partial charge is 0.507 e. The van der Waals surface area contributed by atoms with Crippen LogP contribution in [0.2, 0.25) is 0 Å². The summed E-state index contributed by atoms with van der Waals surface area (Å²) in [7, 11) is 1.37. The van der Waals surface area contributed by atoms with Crippen LogP contribution in [0.5, 0.6) is 5.75 Å². The predicted molar refractivity (Wildman–Crippen MR) is 162 cm³/mol. The molecule has 5 aromatic rings. The zero-order valence-electron chi connectivity index (χ0n) is 24.8. The summed E-state index contributed by atoms with van der Waals surface area (Å²) in [6, 6.07) is 13.1. The molecule has 1 aliphatic heterocycles. The first kappa shape index (κ1) is 28.3. The highest BCUT2D eigenvalue weighted by Crippen LogP contribution is 2.35. The fourth-order valence-corrected chi connectivity index (χ4v) is 5.99. The van der Waals surface area contributed by atoms with Gasteiger partial charge in [-0.1, -0.05) is 31.1 Å². The number of hydrogen-bond acceptors (Lipinski definition) is 10. The molecule has 6 rings (SSSR count). The second-order valence-corrected chi connectivity index (χ2v) is 11.2. The molecule has 0 bridgehead atoms. The fraction of sp³-hybridized carbons (Fsp3) is 0.375. The normalized spacial score (nSPS) is 14.9. The number of ether oxygens (including phenoxy) is 1. The van der Waals surface area contributed by atoms with Crippen LogP contribution in [0.4, 0.5) is 5.95 Å². The van der Waals surface area contributed by atoms with Crippen molar-refractivity contribution in [2.45, 2.75) is 52.0 Å². The highest BCUT2D eigenvalue weighted by atomic mass is 16.5. The van der Waals surface area contributed by atoms with E-state index in [1.165, 1.54) is 12.8 Å². The molecule has 1 saturated heterocycles. The van der Waals surface area contributed by atoms with Crippen LogP contribution in [0.1, 0.15) is 56.9 Å². The Hall–Kier alpha value is -4.80. The number of carbonyl (C=O) groups excluding carboxylic acids is 1. The number of aromatic nitrogens is 6. The summed E-state index contributed by atoms with van der Waals surface area (Å²) in [4.78, 5) is 23.7. The zero-order valence-corrected chi connectivity index (χ0v) is 24.8. The molecule has 1 fully saturated rings. The number of phenolic OH excluding ortho intramolecular Hbond substituents is 1. The Balaban J connectivity index is 1.15. The molecule has 43 heavy (non-hydrogen) atoms. The molecule has 1 atom stereocenters. The Labute approximate surface area is 249 Å². The number of benzene rings is 1. The summed E-state index contributed by atoms with van der Waals surface area (Å²) in [6.07, 6.45) is 5.40. The summed E-state index contributed by atoms with van der Waals surface area (Å²) in [5, 5.41) is 23.4. The molecule has 222 valence electrons. The summed E-state index contributed by atoms with van der Waals surface area (Å²) in [5.41, 5.74) is 5.77. The van der Waals surface area contributed by atoms with E-state index in [2.05, 4.69) is 47.8 Å². The van der Waals surface area contributed by atoms with Crippen molar-refractivity contribution in [2.75, 3.05) is 25.1 Å². The van der Waals surface area contributed by atoms with E-state index in [1.54, 1.807) is 30.6 Å². The first-order valence-corrected chi connectivity index (χ1v) is 14.6. The lowest BCUT2D eigenvalue weighted by molar-refractivity contribution is -0.144. The van der Waals surface area contributed by atoms with Gasteiger partial charge in [0.05, 0.1) is 18.3 Å². The van der Waals surface area contributed by atoms with Crippen LogP contribution in [0.25, 0.3) is 33.5 Å². The molecule has 0 aliphatic carbocycles.